The Morgan fingerprint density at radius 2 is 1.97 bits per heavy atom. The number of carbonyl (C=O) groups is 1. The molecule has 29 heavy (non-hydrogen) atoms. The van der Waals surface area contributed by atoms with E-state index >= 15 is 0 Å². The summed E-state index contributed by atoms with van der Waals surface area (Å²) < 4.78 is 13.3. The maximum Gasteiger partial charge on any atom is 0.222 e. The molecular formula is C23H29FN4O. The Hall–Kier alpha value is -2.89. The maximum absolute atomic E-state index is 13.3. The first-order valence-corrected chi connectivity index (χ1v) is 10.3. The molecule has 6 heteroatoms. The first-order chi connectivity index (χ1) is 14.2. The van der Waals surface area contributed by atoms with Gasteiger partial charge in [0.1, 0.15) is 5.82 Å². The number of nitrogens with one attached hydrogen (secondary N) is 2. The minimum absolute atomic E-state index is 0.197. The summed E-state index contributed by atoms with van der Waals surface area (Å²) in [5, 5.41) is 6.43. The van der Waals surface area contributed by atoms with Gasteiger partial charge in [0.2, 0.25) is 5.91 Å². The van der Waals surface area contributed by atoms with Crippen LogP contribution >= 0.6 is 0 Å². The Morgan fingerprint density at radius 3 is 2.76 bits per heavy atom. The van der Waals surface area contributed by atoms with Crippen molar-refractivity contribution in [3.63, 3.8) is 0 Å². The van der Waals surface area contributed by atoms with Crippen LogP contribution in [0.2, 0.25) is 0 Å². The minimum atomic E-state index is -0.255. The second-order valence-electron chi connectivity index (χ2n) is 7.19. The highest BCUT2D eigenvalue weighted by Crippen LogP contribution is 2.19. The molecule has 0 aromatic heterocycles. The van der Waals surface area contributed by atoms with Crippen molar-refractivity contribution in [1.82, 2.24) is 15.5 Å². The molecule has 2 aromatic rings. The van der Waals surface area contributed by atoms with Crippen LogP contribution in [-0.4, -0.2) is 36.4 Å². The highest BCUT2D eigenvalue weighted by atomic mass is 19.1. The maximum atomic E-state index is 13.3. The van der Waals surface area contributed by atoms with Gasteiger partial charge in [-0.2, -0.15) is 0 Å². The Balaban J connectivity index is 1.43. The third-order valence-electron chi connectivity index (χ3n) is 5.00. The predicted molar refractivity (Wildman–Crippen MR) is 114 cm³/mol. The lowest BCUT2D eigenvalue weighted by Crippen LogP contribution is -2.39. The van der Waals surface area contributed by atoms with Gasteiger partial charge in [-0.25, -0.2) is 9.38 Å². The fraction of sp³-hybridized carbons (Fsp3) is 0.391. The van der Waals surface area contributed by atoms with Crippen molar-refractivity contribution >= 4 is 11.9 Å². The van der Waals surface area contributed by atoms with E-state index in [0.717, 1.165) is 31.5 Å². The fourth-order valence-electron chi connectivity index (χ4n) is 3.46. The van der Waals surface area contributed by atoms with Crippen molar-refractivity contribution < 1.29 is 9.18 Å². The van der Waals surface area contributed by atoms with Crippen molar-refractivity contribution in [3.8, 4) is 0 Å². The number of halogens is 1. The number of aliphatic imine (C=N–C) groups is 1. The largest absolute Gasteiger partial charge is 0.357 e. The quantitative estimate of drug-likeness (QED) is 0.429. The lowest BCUT2D eigenvalue weighted by molar-refractivity contribution is -0.132. The molecular weight excluding hydrogens is 367 g/mol. The third-order valence-corrected chi connectivity index (χ3v) is 5.00. The lowest BCUT2D eigenvalue weighted by Gasteiger charge is -2.29. The van der Waals surface area contributed by atoms with Crippen LogP contribution in [0.1, 0.15) is 36.5 Å². The van der Waals surface area contributed by atoms with Gasteiger partial charge in [-0.05, 0) is 48.6 Å². The second-order valence-corrected chi connectivity index (χ2v) is 7.19. The minimum Gasteiger partial charge on any atom is -0.357 e. The molecule has 1 aliphatic heterocycles. The van der Waals surface area contributed by atoms with Gasteiger partial charge in [-0.15, -0.1) is 0 Å². The monoisotopic (exact) mass is 396 g/mol. The van der Waals surface area contributed by atoms with Gasteiger partial charge in [0, 0.05) is 32.6 Å². The molecule has 0 unspecified atom stereocenters. The van der Waals surface area contributed by atoms with E-state index in [0.29, 0.717) is 32.0 Å². The molecule has 0 radical (unpaired) electrons. The molecule has 1 heterocycles. The van der Waals surface area contributed by atoms with E-state index in [2.05, 4.69) is 33.8 Å². The third kappa shape index (κ3) is 6.31. The first kappa shape index (κ1) is 20.8. The zero-order valence-corrected chi connectivity index (χ0v) is 17.0. The molecule has 0 bridgehead atoms. The highest BCUT2D eigenvalue weighted by Gasteiger charge is 2.19. The topological polar surface area (TPSA) is 56.7 Å². The van der Waals surface area contributed by atoms with Crippen LogP contribution in [0.25, 0.3) is 0 Å². The Labute approximate surface area is 172 Å². The number of fused-ring (bicyclic) bond motifs is 1. The summed E-state index contributed by atoms with van der Waals surface area (Å²) in [5.41, 5.74) is 3.43. The average Bonchev–Trinajstić information content (AvgIpc) is 2.74. The second kappa shape index (κ2) is 10.6. The smallest absolute Gasteiger partial charge is 0.222 e. The van der Waals surface area contributed by atoms with Crippen LogP contribution in [0, 0.1) is 5.82 Å². The van der Waals surface area contributed by atoms with Crippen molar-refractivity contribution in [2.24, 2.45) is 4.99 Å². The van der Waals surface area contributed by atoms with Crippen molar-refractivity contribution in [2.75, 3.05) is 19.6 Å². The molecule has 1 amide bonds. The zero-order chi connectivity index (χ0) is 20.5. The van der Waals surface area contributed by atoms with Gasteiger partial charge in [0.15, 0.2) is 5.96 Å². The highest BCUT2D eigenvalue weighted by molar-refractivity contribution is 5.80. The molecule has 2 aromatic carbocycles. The summed E-state index contributed by atoms with van der Waals surface area (Å²) in [6.45, 7) is 5.30. The number of amides is 1. The lowest BCUT2D eigenvalue weighted by atomic mass is 9.99. The molecule has 0 aliphatic carbocycles. The Morgan fingerprint density at radius 1 is 1.14 bits per heavy atom. The molecule has 5 nitrogen and oxygen atoms in total. The Kier molecular flexibility index (Phi) is 7.61. The van der Waals surface area contributed by atoms with Gasteiger partial charge in [-0.1, -0.05) is 36.4 Å². The standard InChI is InChI=1S/C23H29FN4O/c1-2-25-23(27-16-18-7-5-10-21(24)15-18)26-13-6-11-22(29)28-14-12-19-8-3-4-9-20(19)17-28/h3-5,7-10,15H,2,6,11-14,16-17H2,1H3,(H2,25,26,27). The normalized spacial score (nSPS) is 13.7. The SMILES string of the molecule is CCNC(=NCc1cccc(F)c1)NCCCC(=O)N1CCc2ccccc2C1. The number of hydrogen-bond acceptors (Lipinski definition) is 2. The summed E-state index contributed by atoms with van der Waals surface area (Å²) >= 11 is 0. The van der Waals surface area contributed by atoms with Crippen molar-refractivity contribution in [3.05, 3.63) is 71.0 Å². The van der Waals surface area contributed by atoms with E-state index in [1.165, 1.54) is 23.3 Å². The number of carbonyl (C=O) groups excluding carboxylic acids is 1. The van der Waals surface area contributed by atoms with E-state index in [-0.39, 0.29) is 11.7 Å². The van der Waals surface area contributed by atoms with Crippen LogP contribution in [0.5, 0.6) is 0 Å². The fourth-order valence-corrected chi connectivity index (χ4v) is 3.46. The van der Waals surface area contributed by atoms with E-state index < -0.39 is 0 Å². The first-order valence-electron chi connectivity index (χ1n) is 10.3. The van der Waals surface area contributed by atoms with Crippen molar-refractivity contribution in [2.45, 2.75) is 39.3 Å². The van der Waals surface area contributed by atoms with E-state index in [4.69, 9.17) is 0 Å². The zero-order valence-electron chi connectivity index (χ0n) is 17.0. The Bertz CT molecular complexity index is 852. The predicted octanol–water partition coefficient (Wildman–Crippen LogP) is 3.25. The van der Waals surface area contributed by atoms with Gasteiger partial charge < -0.3 is 15.5 Å². The van der Waals surface area contributed by atoms with Gasteiger partial charge in [0.05, 0.1) is 6.54 Å². The molecule has 1 aliphatic rings. The summed E-state index contributed by atoms with van der Waals surface area (Å²) in [6.07, 6.45) is 2.18. The van der Waals surface area contributed by atoms with Crippen molar-refractivity contribution in [1.29, 1.82) is 0 Å². The summed E-state index contributed by atoms with van der Waals surface area (Å²) in [7, 11) is 0. The van der Waals surface area contributed by atoms with Crippen LogP contribution in [0.15, 0.2) is 53.5 Å². The summed E-state index contributed by atoms with van der Waals surface area (Å²) in [6, 6.07) is 14.8. The van der Waals surface area contributed by atoms with E-state index in [9.17, 15) is 9.18 Å². The molecule has 0 spiro atoms. The average molecular weight is 397 g/mol. The summed E-state index contributed by atoms with van der Waals surface area (Å²) in [5.74, 6) is 0.619. The number of nitrogens with zero attached hydrogens (tertiary/aromatic N) is 2. The van der Waals surface area contributed by atoms with Crippen LogP contribution in [0.3, 0.4) is 0 Å². The number of rotatable bonds is 7. The van der Waals surface area contributed by atoms with Gasteiger partial charge >= 0.3 is 0 Å². The molecule has 0 saturated heterocycles. The molecule has 154 valence electrons. The van der Waals surface area contributed by atoms with Crippen LogP contribution in [-0.2, 0) is 24.3 Å². The number of hydrogen-bond donors (Lipinski definition) is 2. The van der Waals surface area contributed by atoms with Crippen LogP contribution in [0.4, 0.5) is 4.39 Å². The number of guanidine groups is 1. The number of benzene rings is 2. The molecule has 0 saturated carbocycles. The van der Waals surface area contributed by atoms with Gasteiger partial charge in [-0.3, -0.25) is 4.79 Å². The van der Waals surface area contributed by atoms with Gasteiger partial charge in [0.25, 0.3) is 0 Å². The van der Waals surface area contributed by atoms with E-state index in [1.54, 1.807) is 6.07 Å². The molecule has 3 rings (SSSR count). The molecule has 0 atom stereocenters. The molecule has 2 N–H and O–H groups in total. The molecule has 0 fully saturated rings. The van der Waals surface area contributed by atoms with E-state index in [1.807, 2.05) is 24.0 Å². The van der Waals surface area contributed by atoms with Crippen LogP contribution < -0.4 is 10.6 Å². The summed E-state index contributed by atoms with van der Waals surface area (Å²) in [4.78, 5) is 19.0.